The average Bonchev–Trinajstić information content (AvgIpc) is 2.77. The van der Waals surface area contributed by atoms with Crippen molar-refractivity contribution < 1.29 is 33.3 Å². The van der Waals surface area contributed by atoms with E-state index in [9.17, 15) is 28.5 Å². The molecular weight excluding hydrogens is 436 g/mol. The van der Waals surface area contributed by atoms with Crippen LogP contribution in [0.5, 0.6) is 5.75 Å². The van der Waals surface area contributed by atoms with Crippen molar-refractivity contribution in [2.45, 2.75) is 24.3 Å². The van der Waals surface area contributed by atoms with Crippen LogP contribution in [0.2, 0.25) is 0 Å². The zero-order valence-electron chi connectivity index (χ0n) is 18.3. The number of nitrogens with zero attached hydrogens (tertiary/aromatic N) is 2. The van der Waals surface area contributed by atoms with Gasteiger partial charge in [-0.1, -0.05) is 30.3 Å². The molecule has 0 aliphatic rings. The minimum atomic E-state index is -4.05. The number of rotatable bonds is 13. The molecule has 0 radical (unpaired) electrons. The molecule has 0 atom stereocenters. The first kappa shape index (κ1) is 25.6. The van der Waals surface area contributed by atoms with Crippen LogP contribution in [0.15, 0.2) is 47.4 Å². The molecule has 32 heavy (non-hydrogen) atoms. The molecule has 0 bridgehead atoms. The lowest BCUT2D eigenvalue weighted by molar-refractivity contribution is 0.0696. The molecule has 0 fully saturated rings. The first-order valence-corrected chi connectivity index (χ1v) is 11.6. The molecule has 2 rings (SSSR count). The summed E-state index contributed by atoms with van der Waals surface area (Å²) < 4.78 is 33.2. The smallest absolute Gasteiger partial charge is 0.335 e. The molecule has 0 saturated heterocycles. The molecule has 0 amide bonds. The fourth-order valence-corrected chi connectivity index (χ4v) is 4.15. The van der Waals surface area contributed by atoms with Crippen molar-refractivity contribution in [1.82, 2.24) is 4.31 Å². The monoisotopic (exact) mass is 466 g/mol. The van der Waals surface area contributed by atoms with Gasteiger partial charge in [0, 0.05) is 40.4 Å². The van der Waals surface area contributed by atoms with E-state index in [0.717, 1.165) is 15.9 Å². The number of hydrogen-bond acceptors (Lipinski definition) is 7. The molecule has 0 heterocycles. The first-order valence-electron chi connectivity index (χ1n) is 10.2. The highest BCUT2D eigenvalue weighted by Crippen LogP contribution is 2.38. The van der Waals surface area contributed by atoms with Crippen LogP contribution in [-0.4, -0.2) is 74.4 Å². The Labute approximate surface area is 188 Å². The van der Waals surface area contributed by atoms with Gasteiger partial charge in [-0.05, 0) is 30.5 Å². The van der Waals surface area contributed by atoms with Gasteiger partial charge in [0.25, 0.3) is 0 Å². The third-order valence-electron chi connectivity index (χ3n) is 4.78. The fraction of sp³-hybridized carbons (Fsp3) is 0.409. The maximum atomic E-state index is 13.1. The van der Waals surface area contributed by atoms with Crippen LogP contribution in [-0.2, 0) is 16.6 Å². The second kappa shape index (κ2) is 11.8. The number of anilines is 1. The molecule has 176 valence electrons. The van der Waals surface area contributed by atoms with Gasteiger partial charge in [0.1, 0.15) is 11.5 Å². The standard InChI is InChI=1S/C22H30N2O7S/c1-23(2)32(29,30)20-15-18(22(27)28)14-19(24(10-6-12-25)11-7-13-26)21(20)31-16-17-8-4-3-5-9-17/h3-5,8-9,14-15,25-26H,6-7,10-13,16H2,1-2H3,(H,27,28). The number of sulfonamides is 1. The van der Waals surface area contributed by atoms with E-state index in [2.05, 4.69) is 0 Å². The summed E-state index contributed by atoms with van der Waals surface area (Å²) in [6.07, 6.45) is 0.743. The molecule has 0 aromatic heterocycles. The van der Waals surface area contributed by atoms with E-state index < -0.39 is 16.0 Å². The highest BCUT2D eigenvalue weighted by molar-refractivity contribution is 7.89. The fourth-order valence-electron chi connectivity index (χ4n) is 3.08. The highest BCUT2D eigenvalue weighted by Gasteiger charge is 2.29. The Bertz CT molecular complexity index is 987. The van der Waals surface area contributed by atoms with Gasteiger partial charge in [0.2, 0.25) is 10.0 Å². The molecule has 0 saturated carbocycles. The van der Waals surface area contributed by atoms with Crippen LogP contribution in [0.3, 0.4) is 0 Å². The van der Waals surface area contributed by atoms with Crippen LogP contribution in [0.25, 0.3) is 0 Å². The largest absolute Gasteiger partial charge is 0.485 e. The van der Waals surface area contributed by atoms with Gasteiger partial charge >= 0.3 is 5.97 Å². The molecule has 2 aromatic carbocycles. The van der Waals surface area contributed by atoms with Gasteiger partial charge in [0.05, 0.1) is 11.3 Å². The van der Waals surface area contributed by atoms with Crippen molar-refractivity contribution in [3.8, 4) is 5.75 Å². The van der Waals surface area contributed by atoms with E-state index in [-0.39, 0.29) is 41.7 Å². The van der Waals surface area contributed by atoms with Crippen molar-refractivity contribution in [1.29, 1.82) is 0 Å². The summed E-state index contributed by atoms with van der Waals surface area (Å²) >= 11 is 0. The predicted molar refractivity (Wildman–Crippen MR) is 121 cm³/mol. The Morgan fingerprint density at radius 1 is 1.00 bits per heavy atom. The quantitative estimate of drug-likeness (QED) is 0.408. The van der Waals surface area contributed by atoms with Gasteiger partial charge in [-0.2, -0.15) is 0 Å². The summed E-state index contributed by atoms with van der Waals surface area (Å²) in [6.45, 7) is 0.518. The molecule has 9 nitrogen and oxygen atoms in total. The normalized spacial score (nSPS) is 11.5. The summed E-state index contributed by atoms with van der Waals surface area (Å²) in [5.74, 6) is -1.25. The number of ether oxygens (including phenoxy) is 1. The number of carboxylic acid groups (broad SMARTS) is 1. The maximum absolute atomic E-state index is 13.1. The third kappa shape index (κ3) is 6.42. The Balaban J connectivity index is 2.70. The summed E-state index contributed by atoms with van der Waals surface area (Å²) in [6, 6.07) is 11.6. The highest BCUT2D eigenvalue weighted by atomic mass is 32.2. The average molecular weight is 467 g/mol. The second-order valence-electron chi connectivity index (χ2n) is 7.33. The van der Waals surface area contributed by atoms with E-state index in [0.29, 0.717) is 25.9 Å². The zero-order valence-corrected chi connectivity index (χ0v) is 19.1. The second-order valence-corrected chi connectivity index (χ2v) is 9.45. The van der Waals surface area contributed by atoms with Gasteiger partial charge in [-0.15, -0.1) is 0 Å². The number of carboxylic acids is 1. The Kier molecular flexibility index (Phi) is 9.45. The van der Waals surface area contributed by atoms with Crippen molar-refractivity contribution in [2.75, 3.05) is 45.3 Å². The van der Waals surface area contributed by atoms with Crippen molar-refractivity contribution in [2.24, 2.45) is 0 Å². The molecule has 0 unspecified atom stereocenters. The Hall–Kier alpha value is -2.66. The number of aliphatic hydroxyl groups excluding tert-OH is 2. The molecule has 2 aromatic rings. The summed E-state index contributed by atoms with van der Waals surface area (Å²) in [4.78, 5) is 13.3. The van der Waals surface area contributed by atoms with E-state index in [4.69, 9.17) is 4.74 Å². The minimum Gasteiger partial charge on any atom is -0.485 e. The summed E-state index contributed by atoms with van der Waals surface area (Å²) in [7, 11) is -1.33. The molecule has 10 heteroatoms. The van der Waals surface area contributed by atoms with Crippen molar-refractivity contribution in [3.05, 3.63) is 53.6 Å². The van der Waals surface area contributed by atoms with Gasteiger partial charge < -0.3 is 25.0 Å². The summed E-state index contributed by atoms with van der Waals surface area (Å²) in [5, 5.41) is 28.2. The first-order chi connectivity index (χ1) is 15.2. The van der Waals surface area contributed by atoms with Gasteiger partial charge in [0.15, 0.2) is 5.75 Å². The predicted octanol–water partition coefficient (Wildman–Crippen LogP) is 1.79. The lowest BCUT2D eigenvalue weighted by Crippen LogP contribution is -2.29. The molecule has 0 spiro atoms. The minimum absolute atomic E-state index is 0.0310. The number of benzene rings is 2. The van der Waals surface area contributed by atoms with Crippen LogP contribution in [0.1, 0.15) is 28.8 Å². The van der Waals surface area contributed by atoms with Crippen molar-refractivity contribution in [3.63, 3.8) is 0 Å². The van der Waals surface area contributed by atoms with E-state index in [1.165, 1.54) is 20.2 Å². The number of aromatic carboxylic acids is 1. The third-order valence-corrected chi connectivity index (χ3v) is 6.60. The summed E-state index contributed by atoms with van der Waals surface area (Å²) in [5.41, 5.74) is 0.889. The SMILES string of the molecule is CN(C)S(=O)(=O)c1cc(C(=O)O)cc(N(CCCO)CCCO)c1OCc1ccccc1. The van der Waals surface area contributed by atoms with Gasteiger partial charge in [-0.3, -0.25) is 0 Å². The van der Waals surface area contributed by atoms with Crippen LogP contribution < -0.4 is 9.64 Å². The Morgan fingerprint density at radius 2 is 1.59 bits per heavy atom. The van der Waals surface area contributed by atoms with Gasteiger partial charge in [-0.25, -0.2) is 17.5 Å². The van der Waals surface area contributed by atoms with Crippen LogP contribution >= 0.6 is 0 Å². The number of aliphatic hydroxyl groups is 2. The lowest BCUT2D eigenvalue weighted by atomic mass is 10.1. The van der Waals surface area contributed by atoms with Crippen molar-refractivity contribution >= 4 is 21.7 Å². The van der Waals surface area contributed by atoms with Crippen LogP contribution in [0.4, 0.5) is 5.69 Å². The van der Waals surface area contributed by atoms with E-state index in [1.54, 1.807) is 4.90 Å². The number of carbonyl (C=O) groups is 1. The Morgan fingerprint density at radius 3 is 2.09 bits per heavy atom. The number of hydrogen-bond donors (Lipinski definition) is 3. The van der Waals surface area contributed by atoms with Crippen LogP contribution in [0, 0.1) is 0 Å². The zero-order chi connectivity index (χ0) is 23.7. The van der Waals surface area contributed by atoms with E-state index in [1.807, 2.05) is 30.3 Å². The van der Waals surface area contributed by atoms with E-state index >= 15 is 0 Å². The lowest BCUT2D eigenvalue weighted by Gasteiger charge is -2.29. The topological polar surface area (TPSA) is 128 Å². The molecule has 0 aliphatic heterocycles. The molecule has 0 aliphatic carbocycles. The molecule has 3 N–H and O–H groups in total. The molecular formula is C22H30N2O7S. The maximum Gasteiger partial charge on any atom is 0.335 e.